The van der Waals surface area contributed by atoms with Crippen molar-refractivity contribution in [3.63, 3.8) is 0 Å². The molecule has 0 aliphatic carbocycles. The van der Waals surface area contributed by atoms with Gasteiger partial charge in [0, 0.05) is 12.4 Å². The minimum absolute atomic E-state index is 0.0791. The van der Waals surface area contributed by atoms with Gasteiger partial charge in [-0.15, -0.1) is 0 Å². The summed E-state index contributed by atoms with van der Waals surface area (Å²) in [6.07, 6.45) is 3.86. The van der Waals surface area contributed by atoms with E-state index < -0.39 is 18.1 Å². The molecule has 0 unspecified atom stereocenters. The van der Waals surface area contributed by atoms with Crippen LogP contribution < -0.4 is 5.32 Å². The van der Waals surface area contributed by atoms with E-state index in [4.69, 9.17) is 9.84 Å². The van der Waals surface area contributed by atoms with E-state index in [0.717, 1.165) is 5.56 Å². The highest BCUT2D eigenvalue weighted by Crippen LogP contribution is 2.01. The number of carboxylic acid groups (broad SMARTS) is 1. The molecule has 0 radical (unpaired) electrons. The number of ether oxygens (including phenoxy) is 1. The first-order valence-corrected chi connectivity index (χ1v) is 6.31. The van der Waals surface area contributed by atoms with Gasteiger partial charge in [0.1, 0.15) is 12.6 Å². The highest BCUT2D eigenvalue weighted by molar-refractivity contribution is 5.79. The van der Waals surface area contributed by atoms with Gasteiger partial charge in [0.15, 0.2) is 0 Å². The highest BCUT2D eigenvalue weighted by atomic mass is 16.5. The Bertz CT molecular complexity index is 584. The van der Waals surface area contributed by atoms with E-state index in [1.807, 2.05) is 30.3 Å². The van der Waals surface area contributed by atoms with Gasteiger partial charge in [-0.2, -0.15) is 0 Å². The quantitative estimate of drug-likeness (QED) is 0.835. The summed E-state index contributed by atoms with van der Waals surface area (Å²) < 4.78 is 6.56. The molecule has 1 heterocycles. The number of benzene rings is 1. The van der Waals surface area contributed by atoms with Gasteiger partial charge in [-0.3, -0.25) is 0 Å². The monoisotopic (exact) mass is 289 g/mol. The Morgan fingerprint density at radius 3 is 2.71 bits per heavy atom. The molecule has 110 valence electrons. The molecule has 7 nitrogen and oxygen atoms in total. The van der Waals surface area contributed by atoms with Crippen LogP contribution in [0.5, 0.6) is 0 Å². The first-order valence-electron chi connectivity index (χ1n) is 6.31. The third-order valence-corrected chi connectivity index (χ3v) is 2.76. The second kappa shape index (κ2) is 7.09. The number of carboxylic acids is 1. The van der Waals surface area contributed by atoms with E-state index in [9.17, 15) is 9.59 Å². The summed E-state index contributed by atoms with van der Waals surface area (Å²) in [6.45, 7) is 0.167. The molecule has 0 fully saturated rings. The van der Waals surface area contributed by atoms with Crippen molar-refractivity contribution < 1.29 is 19.4 Å². The number of alkyl carbamates (subject to hydrolysis) is 1. The van der Waals surface area contributed by atoms with E-state index >= 15 is 0 Å². The van der Waals surface area contributed by atoms with E-state index in [0.29, 0.717) is 0 Å². The molecule has 1 amide bonds. The predicted molar refractivity (Wildman–Crippen MR) is 73.4 cm³/mol. The SMILES string of the molecule is O=C(N[C@@H](Cn1ccnc1)C(=O)O)OCc1ccccc1. The third kappa shape index (κ3) is 4.64. The van der Waals surface area contributed by atoms with Crippen molar-refractivity contribution in [3.05, 3.63) is 54.6 Å². The van der Waals surface area contributed by atoms with Crippen LogP contribution in [0.3, 0.4) is 0 Å². The molecule has 21 heavy (non-hydrogen) atoms. The van der Waals surface area contributed by atoms with Crippen molar-refractivity contribution in [2.75, 3.05) is 0 Å². The number of aromatic nitrogens is 2. The van der Waals surface area contributed by atoms with Crippen molar-refractivity contribution in [3.8, 4) is 0 Å². The molecule has 2 aromatic rings. The first-order chi connectivity index (χ1) is 10.1. The topological polar surface area (TPSA) is 93.5 Å². The maximum Gasteiger partial charge on any atom is 0.408 e. The number of nitrogens with zero attached hydrogens (tertiary/aromatic N) is 2. The average molecular weight is 289 g/mol. The highest BCUT2D eigenvalue weighted by Gasteiger charge is 2.21. The number of carbonyl (C=O) groups excluding carboxylic acids is 1. The van der Waals surface area contributed by atoms with Crippen LogP contribution in [0.15, 0.2) is 49.1 Å². The Kier molecular flexibility index (Phi) is 4.92. The molecule has 7 heteroatoms. The molecular weight excluding hydrogens is 274 g/mol. The van der Waals surface area contributed by atoms with E-state index in [2.05, 4.69) is 10.3 Å². The zero-order valence-electron chi connectivity index (χ0n) is 11.2. The second-order valence-corrected chi connectivity index (χ2v) is 4.36. The van der Waals surface area contributed by atoms with Gasteiger partial charge >= 0.3 is 12.1 Å². The smallest absolute Gasteiger partial charge is 0.408 e. The van der Waals surface area contributed by atoms with Gasteiger partial charge in [-0.05, 0) is 5.56 Å². The lowest BCUT2D eigenvalue weighted by atomic mass is 10.2. The van der Waals surface area contributed by atoms with Crippen LogP contribution in [0.1, 0.15) is 5.56 Å². The Labute approximate surface area is 121 Å². The van der Waals surface area contributed by atoms with Crippen LogP contribution >= 0.6 is 0 Å². The van der Waals surface area contributed by atoms with Crippen molar-refractivity contribution in [1.29, 1.82) is 0 Å². The fourth-order valence-electron chi connectivity index (χ4n) is 1.70. The summed E-state index contributed by atoms with van der Waals surface area (Å²) in [4.78, 5) is 26.6. The van der Waals surface area contributed by atoms with Gasteiger partial charge < -0.3 is 19.7 Å². The Hall–Kier alpha value is -2.83. The van der Waals surface area contributed by atoms with Crippen molar-refractivity contribution in [2.45, 2.75) is 19.2 Å². The summed E-state index contributed by atoms with van der Waals surface area (Å²) in [5.41, 5.74) is 0.828. The number of aliphatic carboxylic acids is 1. The second-order valence-electron chi connectivity index (χ2n) is 4.36. The molecule has 2 N–H and O–H groups in total. The number of rotatable bonds is 6. The molecule has 0 saturated heterocycles. The van der Waals surface area contributed by atoms with E-state index in [1.165, 1.54) is 12.5 Å². The first kappa shape index (κ1) is 14.6. The zero-order valence-corrected chi connectivity index (χ0v) is 11.2. The maximum atomic E-state index is 11.6. The molecular formula is C14H15N3O4. The van der Waals surface area contributed by atoms with E-state index in [1.54, 1.807) is 10.8 Å². The van der Waals surface area contributed by atoms with Crippen LogP contribution in [-0.4, -0.2) is 32.8 Å². The Morgan fingerprint density at radius 1 is 1.33 bits per heavy atom. The Morgan fingerprint density at radius 2 is 2.10 bits per heavy atom. The molecule has 1 aromatic carbocycles. The van der Waals surface area contributed by atoms with Gasteiger partial charge in [0.05, 0.1) is 12.9 Å². The molecule has 1 aromatic heterocycles. The summed E-state index contributed by atoms with van der Waals surface area (Å²) >= 11 is 0. The number of imidazole rings is 1. The largest absolute Gasteiger partial charge is 0.480 e. The van der Waals surface area contributed by atoms with Crippen molar-refractivity contribution in [2.24, 2.45) is 0 Å². The maximum absolute atomic E-state index is 11.6. The molecule has 1 atom stereocenters. The van der Waals surface area contributed by atoms with Gasteiger partial charge in [-0.25, -0.2) is 14.6 Å². The summed E-state index contributed by atoms with van der Waals surface area (Å²) in [5.74, 6) is -1.14. The standard InChI is InChI=1S/C14H15N3O4/c18-13(19)12(8-17-7-6-15-10-17)16-14(20)21-9-11-4-2-1-3-5-11/h1-7,10,12H,8-9H2,(H,16,20)(H,18,19)/t12-/m0/s1. The summed E-state index contributed by atoms with van der Waals surface area (Å²) in [7, 11) is 0. The minimum Gasteiger partial charge on any atom is -0.480 e. The third-order valence-electron chi connectivity index (χ3n) is 2.76. The van der Waals surface area contributed by atoms with Crippen LogP contribution in [0.4, 0.5) is 4.79 Å². The lowest BCUT2D eigenvalue weighted by Gasteiger charge is -2.15. The fourth-order valence-corrected chi connectivity index (χ4v) is 1.70. The van der Waals surface area contributed by atoms with Gasteiger partial charge in [0.25, 0.3) is 0 Å². The number of amides is 1. The lowest BCUT2D eigenvalue weighted by Crippen LogP contribution is -2.43. The summed E-state index contributed by atoms with van der Waals surface area (Å²) in [5, 5.41) is 11.4. The van der Waals surface area contributed by atoms with Gasteiger partial charge in [-0.1, -0.05) is 30.3 Å². The molecule has 0 aliphatic heterocycles. The van der Waals surface area contributed by atoms with Crippen LogP contribution in [0.2, 0.25) is 0 Å². The molecule has 0 saturated carbocycles. The zero-order chi connectivity index (χ0) is 15.1. The van der Waals surface area contributed by atoms with E-state index in [-0.39, 0.29) is 13.2 Å². The Balaban J connectivity index is 1.85. The molecule has 2 rings (SSSR count). The van der Waals surface area contributed by atoms with Crippen molar-refractivity contribution in [1.82, 2.24) is 14.9 Å². The number of hydrogen-bond donors (Lipinski definition) is 2. The predicted octanol–water partition coefficient (Wildman–Crippen LogP) is 1.26. The molecule has 0 bridgehead atoms. The average Bonchev–Trinajstić information content (AvgIpc) is 2.98. The minimum atomic E-state index is -1.14. The number of hydrogen-bond acceptors (Lipinski definition) is 4. The van der Waals surface area contributed by atoms with Crippen LogP contribution in [-0.2, 0) is 22.7 Å². The number of carbonyl (C=O) groups is 2. The molecule has 0 aliphatic rings. The fraction of sp³-hybridized carbons (Fsp3) is 0.214. The lowest BCUT2D eigenvalue weighted by molar-refractivity contribution is -0.139. The van der Waals surface area contributed by atoms with Crippen LogP contribution in [0.25, 0.3) is 0 Å². The van der Waals surface area contributed by atoms with Crippen LogP contribution in [0, 0.1) is 0 Å². The molecule has 0 spiro atoms. The summed E-state index contributed by atoms with van der Waals surface area (Å²) in [6, 6.07) is 8.06. The van der Waals surface area contributed by atoms with Crippen molar-refractivity contribution >= 4 is 12.1 Å². The normalized spacial score (nSPS) is 11.6. The number of nitrogens with one attached hydrogen (secondary N) is 1. The van der Waals surface area contributed by atoms with Gasteiger partial charge in [0.2, 0.25) is 0 Å².